The first-order valence-corrected chi connectivity index (χ1v) is 7.68. The van der Waals surface area contributed by atoms with Gasteiger partial charge < -0.3 is 15.4 Å². The third-order valence-electron chi connectivity index (χ3n) is 4.69. The van der Waals surface area contributed by atoms with Crippen LogP contribution < -0.4 is 10.6 Å². The molecule has 0 saturated carbocycles. The standard InChI is InChI=1S/C14H25N3O2/c18-14(10-19-11-3-6-15-7-4-11)16-12-5-9-17-8-1-2-13(12)17/h11-13,15H,1-10H2,(H,16,18). The molecule has 0 spiro atoms. The fourth-order valence-electron chi connectivity index (χ4n) is 3.65. The van der Waals surface area contributed by atoms with Gasteiger partial charge in [0.15, 0.2) is 0 Å². The average Bonchev–Trinajstić information content (AvgIpc) is 3.03. The first-order chi connectivity index (χ1) is 9.33. The molecule has 2 N–H and O–H groups in total. The highest BCUT2D eigenvalue weighted by molar-refractivity contribution is 5.77. The monoisotopic (exact) mass is 267 g/mol. The van der Waals surface area contributed by atoms with Gasteiger partial charge in [-0.3, -0.25) is 9.69 Å². The van der Waals surface area contributed by atoms with Crippen molar-refractivity contribution in [3.63, 3.8) is 0 Å². The Morgan fingerprint density at radius 2 is 2.05 bits per heavy atom. The van der Waals surface area contributed by atoms with E-state index in [-0.39, 0.29) is 18.6 Å². The van der Waals surface area contributed by atoms with Crippen LogP contribution in [-0.4, -0.2) is 61.8 Å². The molecule has 0 aliphatic carbocycles. The van der Waals surface area contributed by atoms with Crippen LogP contribution in [0.1, 0.15) is 32.1 Å². The van der Waals surface area contributed by atoms with E-state index < -0.39 is 0 Å². The zero-order chi connectivity index (χ0) is 13.1. The first kappa shape index (κ1) is 13.3. The fourth-order valence-corrected chi connectivity index (χ4v) is 3.65. The molecule has 3 rings (SSSR count). The van der Waals surface area contributed by atoms with Crippen molar-refractivity contribution in [3.05, 3.63) is 0 Å². The molecule has 0 bridgehead atoms. The lowest BCUT2D eigenvalue weighted by atomic mass is 10.1. The number of rotatable bonds is 4. The van der Waals surface area contributed by atoms with Gasteiger partial charge in [0, 0.05) is 18.6 Å². The van der Waals surface area contributed by atoms with Gasteiger partial charge in [-0.05, 0) is 51.7 Å². The largest absolute Gasteiger partial charge is 0.368 e. The molecular formula is C14H25N3O2. The molecule has 2 atom stereocenters. The second kappa shape index (κ2) is 6.20. The van der Waals surface area contributed by atoms with E-state index in [1.54, 1.807) is 0 Å². The highest BCUT2D eigenvalue weighted by atomic mass is 16.5. The number of amides is 1. The molecule has 3 saturated heterocycles. The summed E-state index contributed by atoms with van der Waals surface area (Å²) >= 11 is 0. The third kappa shape index (κ3) is 3.27. The number of carbonyl (C=O) groups is 1. The lowest BCUT2D eigenvalue weighted by molar-refractivity contribution is -0.129. The van der Waals surface area contributed by atoms with Crippen molar-refractivity contribution in [1.82, 2.24) is 15.5 Å². The maximum Gasteiger partial charge on any atom is 0.246 e. The van der Waals surface area contributed by atoms with Crippen molar-refractivity contribution >= 4 is 5.91 Å². The van der Waals surface area contributed by atoms with E-state index in [0.29, 0.717) is 12.1 Å². The van der Waals surface area contributed by atoms with Gasteiger partial charge in [-0.25, -0.2) is 0 Å². The predicted molar refractivity (Wildman–Crippen MR) is 73.0 cm³/mol. The lowest BCUT2D eigenvalue weighted by Gasteiger charge is -2.24. The Balaban J connectivity index is 1.39. The van der Waals surface area contributed by atoms with Crippen LogP contribution in [0, 0.1) is 0 Å². The Kier molecular flexibility index (Phi) is 4.35. The van der Waals surface area contributed by atoms with Gasteiger partial charge in [0.25, 0.3) is 0 Å². The van der Waals surface area contributed by atoms with Crippen molar-refractivity contribution in [2.75, 3.05) is 32.8 Å². The molecule has 0 aromatic rings. The van der Waals surface area contributed by atoms with Crippen molar-refractivity contribution in [2.45, 2.75) is 50.3 Å². The Morgan fingerprint density at radius 3 is 2.89 bits per heavy atom. The quantitative estimate of drug-likeness (QED) is 0.759. The summed E-state index contributed by atoms with van der Waals surface area (Å²) in [6.07, 6.45) is 5.92. The summed E-state index contributed by atoms with van der Waals surface area (Å²) in [5, 5.41) is 6.47. The van der Waals surface area contributed by atoms with E-state index in [9.17, 15) is 4.79 Å². The van der Waals surface area contributed by atoms with E-state index >= 15 is 0 Å². The van der Waals surface area contributed by atoms with Crippen LogP contribution in [0.15, 0.2) is 0 Å². The van der Waals surface area contributed by atoms with E-state index in [1.165, 1.54) is 19.4 Å². The highest BCUT2D eigenvalue weighted by Gasteiger charge is 2.37. The predicted octanol–water partition coefficient (Wildman–Crippen LogP) is 0.108. The van der Waals surface area contributed by atoms with E-state index in [2.05, 4.69) is 15.5 Å². The summed E-state index contributed by atoms with van der Waals surface area (Å²) in [6, 6.07) is 0.939. The van der Waals surface area contributed by atoms with Crippen molar-refractivity contribution in [1.29, 1.82) is 0 Å². The molecule has 3 heterocycles. The Bertz CT molecular complexity index is 318. The van der Waals surface area contributed by atoms with E-state index in [4.69, 9.17) is 4.74 Å². The summed E-state index contributed by atoms with van der Waals surface area (Å²) in [5.74, 6) is 0.0669. The van der Waals surface area contributed by atoms with E-state index in [0.717, 1.165) is 38.9 Å². The minimum absolute atomic E-state index is 0.0669. The molecule has 0 aromatic carbocycles. The topological polar surface area (TPSA) is 53.6 Å². The molecule has 5 nitrogen and oxygen atoms in total. The second-order valence-corrected chi connectivity index (χ2v) is 5.97. The highest BCUT2D eigenvalue weighted by Crippen LogP contribution is 2.27. The normalized spacial score (nSPS) is 32.4. The number of hydrogen-bond donors (Lipinski definition) is 2. The van der Waals surface area contributed by atoms with E-state index in [1.807, 2.05) is 0 Å². The summed E-state index contributed by atoms with van der Waals surface area (Å²) in [6.45, 7) is 4.60. The first-order valence-electron chi connectivity index (χ1n) is 7.68. The fraction of sp³-hybridized carbons (Fsp3) is 0.929. The van der Waals surface area contributed by atoms with Crippen LogP contribution in [0.4, 0.5) is 0 Å². The molecule has 0 radical (unpaired) electrons. The molecule has 0 aromatic heterocycles. The number of nitrogens with zero attached hydrogens (tertiary/aromatic N) is 1. The lowest BCUT2D eigenvalue weighted by Crippen LogP contribution is -2.44. The molecule has 1 amide bonds. The molecule has 5 heteroatoms. The van der Waals surface area contributed by atoms with Gasteiger partial charge in [-0.15, -0.1) is 0 Å². The van der Waals surface area contributed by atoms with Crippen LogP contribution >= 0.6 is 0 Å². The summed E-state index contributed by atoms with van der Waals surface area (Å²) in [4.78, 5) is 14.5. The van der Waals surface area contributed by atoms with Crippen molar-refractivity contribution < 1.29 is 9.53 Å². The van der Waals surface area contributed by atoms with Crippen LogP contribution in [0.5, 0.6) is 0 Å². The Labute approximate surface area is 115 Å². The van der Waals surface area contributed by atoms with Gasteiger partial charge >= 0.3 is 0 Å². The third-order valence-corrected chi connectivity index (χ3v) is 4.69. The number of hydrogen-bond acceptors (Lipinski definition) is 4. The summed E-state index contributed by atoms with van der Waals surface area (Å²) in [7, 11) is 0. The summed E-state index contributed by atoms with van der Waals surface area (Å²) in [5.41, 5.74) is 0. The number of carbonyl (C=O) groups excluding carboxylic acids is 1. The number of nitrogens with one attached hydrogen (secondary N) is 2. The number of ether oxygens (including phenoxy) is 1. The van der Waals surface area contributed by atoms with Crippen molar-refractivity contribution in [2.24, 2.45) is 0 Å². The van der Waals surface area contributed by atoms with Gasteiger partial charge in [0.05, 0.1) is 6.10 Å². The molecule has 2 unspecified atom stereocenters. The van der Waals surface area contributed by atoms with Gasteiger partial charge in [0.1, 0.15) is 6.61 Å². The maximum atomic E-state index is 12.0. The van der Waals surface area contributed by atoms with Gasteiger partial charge in [-0.2, -0.15) is 0 Å². The zero-order valence-electron chi connectivity index (χ0n) is 11.6. The minimum Gasteiger partial charge on any atom is -0.368 e. The van der Waals surface area contributed by atoms with Crippen LogP contribution in [-0.2, 0) is 9.53 Å². The zero-order valence-corrected chi connectivity index (χ0v) is 11.6. The molecule has 108 valence electrons. The van der Waals surface area contributed by atoms with Crippen LogP contribution in [0.2, 0.25) is 0 Å². The Morgan fingerprint density at radius 1 is 1.21 bits per heavy atom. The van der Waals surface area contributed by atoms with Gasteiger partial charge in [0.2, 0.25) is 5.91 Å². The summed E-state index contributed by atoms with van der Waals surface area (Å²) < 4.78 is 5.70. The SMILES string of the molecule is O=C(COC1CCNCC1)NC1CCN2CCCC12. The molecule has 19 heavy (non-hydrogen) atoms. The van der Waals surface area contributed by atoms with Crippen LogP contribution in [0.25, 0.3) is 0 Å². The molecular weight excluding hydrogens is 242 g/mol. The Hall–Kier alpha value is -0.650. The minimum atomic E-state index is 0.0669. The number of piperidine rings is 1. The molecule has 3 aliphatic heterocycles. The average molecular weight is 267 g/mol. The smallest absolute Gasteiger partial charge is 0.246 e. The van der Waals surface area contributed by atoms with Crippen LogP contribution in [0.3, 0.4) is 0 Å². The second-order valence-electron chi connectivity index (χ2n) is 5.97. The van der Waals surface area contributed by atoms with Gasteiger partial charge in [-0.1, -0.05) is 0 Å². The van der Waals surface area contributed by atoms with Crippen molar-refractivity contribution in [3.8, 4) is 0 Å². The molecule has 3 fully saturated rings. The maximum absolute atomic E-state index is 12.0. The number of fused-ring (bicyclic) bond motifs is 1. The molecule has 3 aliphatic rings.